The van der Waals surface area contributed by atoms with Crippen LogP contribution >= 0.6 is 0 Å². The maximum atomic E-state index is 2.62. The second-order valence-electron chi connectivity index (χ2n) is 21.9. The third-order valence-electron chi connectivity index (χ3n) is 16.6. The molecular weight excluding hydrogens is 913 g/mol. The van der Waals surface area contributed by atoms with Gasteiger partial charge in [-0.3, -0.25) is 0 Å². The summed E-state index contributed by atoms with van der Waals surface area (Å²) in [6.07, 6.45) is 0. The molecule has 0 saturated carbocycles. The van der Waals surface area contributed by atoms with Gasteiger partial charge in [0, 0.05) is 68.2 Å². The third kappa shape index (κ3) is 6.03. The normalized spacial score (nSPS) is 16.9. The van der Waals surface area contributed by atoms with Gasteiger partial charge in [0.05, 0.1) is 0 Å². The Balaban J connectivity index is 0.990. The van der Waals surface area contributed by atoms with Gasteiger partial charge in [0.25, 0.3) is 0 Å². The number of nitrogens with zero attached hydrogens (tertiary/aromatic N) is 4. The van der Waals surface area contributed by atoms with Crippen molar-refractivity contribution < 1.29 is 0 Å². The first-order chi connectivity index (χ1) is 33.8. The van der Waals surface area contributed by atoms with Crippen molar-refractivity contribution in [1.82, 2.24) is 0 Å². The summed E-state index contributed by atoms with van der Waals surface area (Å²) in [6.45, 7) is 20.4. The van der Waals surface area contributed by atoms with Crippen LogP contribution in [0.1, 0.15) is 0 Å². The minimum atomic E-state index is -2.20. The van der Waals surface area contributed by atoms with Gasteiger partial charge in [0.2, 0.25) is 0 Å². The van der Waals surface area contributed by atoms with Gasteiger partial charge in [-0.1, -0.05) is 162 Å². The number of anilines is 12. The van der Waals surface area contributed by atoms with Crippen molar-refractivity contribution in [2.24, 2.45) is 0 Å². The quantitative estimate of drug-likeness (QED) is 0.163. The number of benzene rings is 9. The van der Waals surface area contributed by atoms with Crippen LogP contribution in [0.3, 0.4) is 0 Å². The lowest BCUT2D eigenvalue weighted by atomic mass is 10.1. The summed E-state index contributed by atoms with van der Waals surface area (Å²) in [5, 5.41) is 11.8. The maximum Gasteiger partial charge on any atom is 0.117 e. The van der Waals surface area contributed by atoms with Crippen LogP contribution in [0.5, 0.6) is 0 Å². The predicted molar refractivity (Wildman–Crippen MR) is 312 cm³/mol. The molecule has 0 N–H and O–H groups in total. The van der Waals surface area contributed by atoms with Crippen molar-refractivity contribution in [2.75, 3.05) is 19.6 Å². The minimum absolute atomic E-state index is 1.19. The topological polar surface area (TPSA) is 13.0 Å². The standard InChI is InChI=1S/C62H58N4Si4/c1-67(2)55-31-19-15-27-47(55)63(43-23-11-9-12-24-43)51-39-61-53(41-59(51)67)65(49-29-17-21-33-57(49)69(61,5)6)45-35-37-46(38-36-45)66-50-30-18-22-34-58(50)70(7,8)62-40-52-60(42-54(62)66)68(3,4)56-32-20-16-28-48(56)64(52)44-25-13-10-14-26-44/h9-42H,1-8H3. The van der Waals surface area contributed by atoms with Crippen LogP contribution in [0.15, 0.2) is 206 Å². The molecule has 4 nitrogen and oxygen atoms in total. The molecule has 0 atom stereocenters. The summed E-state index contributed by atoms with van der Waals surface area (Å²) in [5.41, 5.74) is 15.4. The van der Waals surface area contributed by atoms with Crippen molar-refractivity contribution in [1.29, 1.82) is 0 Å². The molecule has 8 heteroatoms. The highest BCUT2D eigenvalue weighted by molar-refractivity contribution is 7.06. The molecular formula is C62H58N4Si4. The highest BCUT2D eigenvalue weighted by Gasteiger charge is 2.47. The highest BCUT2D eigenvalue weighted by atomic mass is 28.3. The van der Waals surface area contributed by atoms with E-state index < -0.39 is 32.3 Å². The van der Waals surface area contributed by atoms with Gasteiger partial charge in [-0.25, -0.2) is 0 Å². The molecule has 0 amide bonds. The highest BCUT2D eigenvalue weighted by Crippen LogP contribution is 2.47. The Bertz CT molecular complexity index is 3350. The largest absolute Gasteiger partial charge is 0.311 e. The summed E-state index contributed by atoms with van der Waals surface area (Å²) in [4.78, 5) is 10.3. The average Bonchev–Trinajstić information content (AvgIpc) is 3.37. The van der Waals surface area contributed by atoms with Gasteiger partial charge in [0.15, 0.2) is 0 Å². The molecule has 0 saturated heterocycles. The Morgan fingerprint density at radius 3 is 0.643 bits per heavy atom. The third-order valence-corrected chi connectivity index (χ3v) is 30.6. The summed E-state index contributed by atoms with van der Waals surface area (Å²) < 4.78 is 0. The Kier molecular flexibility index (Phi) is 9.40. The minimum Gasteiger partial charge on any atom is -0.311 e. The second kappa shape index (κ2) is 15.3. The zero-order chi connectivity index (χ0) is 47.9. The number of rotatable bonds is 4. The fraction of sp³-hybridized carbons (Fsp3) is 0.129. The van der Waals surface area contributed by atoms with Gasteiger partial charge in [-0.15, -0.1) is 0 Å². The van der Waals surface area contributed by atoms with E-state index in [1.807, 2.05) is 0 Å². The Morgan fingerprint density at radius 1 is 0.200 bits per heavy atom. The molecule has 4 heterocycles. The van der Waals surface area contributed by atoms with Crippen LogP contribution in [0.25, 0.3) is 0 Å². The maximum absolute atomic E-state index is 2.62. The van der Waals surface area contributed by atoms with E-state index in [9.17, 15) is 0 Å². The molecule has 13 rings (SSSR count). The summed E-state index contributed by atoms with van der Waals surface area (Å²) in [5.74, 6) is 0. The van der Waals surface area contributed by atoms with Gasteiger partial charge >= 0.3 is 0 Å². The lowest BCUT2D eigenvalue weighted by molar-refractivity contribution is 1.24. The first kappa shape index (κ1) is 43.1. The van der Waals surface area contributed by atoms with Gasteiger partial charge in [0.1, 0.15) is 32.3 Å². The van der Waals surface area contributed by atoms with E-state index in [1.54, 1.807) is 0 Å². The van der Waals surface area contributed by atoms with Crippen LogP contribution in [0.2, 0.25) is 52.4 Å². The molecule has 0 spiro atoms. The SMILES string of the molecule is C[Si]1(C)c2ccccc2N(c2ccccc2)c2cc3c(cc21)N(c1ccc(N2c4ccccc4[Si](C)(C)c4cc5c(cc42)[Si](C)(C)c2ccccc2N5c2ccccc2)cc1)c1ccccc1[Si]3(C)C. The van der Waals surface area contributed by atoms with Crippen LogP contribution in [-0.2, 0) is 0 Å². The van der Waals surface area contributed by atoms with Crippen molar-refractivity contribution in [3.05, 3.63) is 206 Å². The number of hydrogen-bond acceptors (Lipinski definition) is 4. The Morgan fingerprint density at radius 2 is 0.400 bits per heavy atom. The predicted octanol–water partition coefficient (Wildman–Crippen LogP) is 12.1. The lowest BCUT2D eigenvalue weighted by Crippen LogP contribution is -2.62. The Labute approximate surface area is 417 Å². The smallest absolute Gasteiger partial charge is 0.117 e. The van der Waals surface area contributed by atoms with E-state index in [2.05, 4.69) is 278 Å². The molecule has 4 aliphatic heterocycles. The Hall–Kier alpha value is -6.95. The first-order valence-corrected chi connectivity index (χ1v) is 36.9. The average molecular weight is 972 g/mol. The molecule has 0 unspecified atom stereocenters. The summed E-state index contributed by atoms with van der Waals surface area (Å²) in [6, 6.07) is 78.9. The van der Waals surface area contributed by atoms with E-state index in [0.717, 1.165) is 0 Å². The fourth-order valence-electron chi connectivity index (χ4n) is 12.8. The van der Waals surface area contributed by atoms with Crippen LogP contribution in [-0.4, -0.2) is 32.3 Å². The van der Waals surface area contributed by atoms with Crippen LogP contribution in [0.4, 0.5) is 68.2 Å². The zero-order valence-electron chi connectivity index (χ0n) is 41.4. The van der Waals surface area contributed by atoms with Crippen molar-refractivity contribution in [3.8, 4) is 0 Å². The molecule has 4 aliphatic rings. The monoisotopic (exact) mass is 970 g/mol. The number of hydrogen-bond donors (Lipinski definition) is 0. The van der Waals surface area contributed by atoms with Gasteiger partial charge in [-0.2, -0.15) is 0 Å². The summed E-state index contributed by atoms with van der Waals surface area (Å²) in [7, 11) is -8.72. The molecule has 9 aromatic carbocycles. The molecule has 342 valence electrons. The van der Waals surface area contributed by atoms with E-state index in [0.29, 0.717) is 0 Å². The van der Waals surface area contributed by atoms with E-state index in [1.165, 1.54) is 110 Å². The molecule has 0 radical (unpaired) electrons. The lowest BCUT2D eigenvalue weighted by Gasteiger charge is -2.46. The van der Waals surface area contributed by atoms with Crippen LogP contribution < -0.4 is 61.1 Å². The zero-order valence-corrected chi connectivity index (χ0v) is 45.4. The molecule has 0 bridgehead atoms. The number of fused-ring (bicyclic) bond motifs is 8. The molecule has 0 aliphatic carbocycles. The molecule has 9 aromatic rings. The second-order valence-corrected chi connectivity index (χ2v) is 39.2. The molecule has 70 heavy (non-hydrogen) atoms. The van der Waals surface area contributed by atoms with E-state index in [4.69, 9.17) is 0 Å². The molecule has 0 fully saturated rings. The van der Waals surface area contributed by atoms with Crippen LogP contribution in [0, 0.1) is 0 Å². The van der Waals surface area contributed by atoms with Crippen molar-refractivity contribution >= 4 is 142 Å². The van der Waals surface area contributed by atoms with Gasteiger partial charge in [-0.05, 0) is 139 Å². The van der Waals surface area contributed by atoms with Gasteiger partial charge < -0.3 is 19.6 Å². The fourth-order valence-corrected chi connectivity index (χ4v) is 24.6. The van der Waals surface area contributed by atoms with Crippen molar-refractivity contribution in [2.45, 2.75) is 52.4 Å². The number of para-hydroxylation sites is 6. The van der Waals surface area contributed by atoms with E-state index in [-0.39, 0.29) is 0 Å². The van der Waals surface area contributed by atoms with E-state index >= 15 is 0 Å². The first-order valence-electron chi connectivity index (χ1n) is 24.9. The summed E-state index contributed by atoms with van der Waals surface area (Å²) >= 11 is 0. The van der Waals surface area contributed by atoms with Crippen molar-refractivity contribution in [3.63, 3.8) is 0 Å². The molecule has 0 aromatic heterocycles.